The van der Waals surface area contributed by atoms with Crippen molar-refractivity contribution in [3.63, 3.8) is 0 Å². The number of aromatic nitrogens is 1. The number of benzene rings is 2. The van der Waals surface area contributed by atoms with Crippen molar-refractivity contribution < 1.29 is 4.79 Å². The fraction of sp³-hybridized carbons (Fsp3) is 0.150. The van der Waals surface area contributed by atoms with Gasteiger partial charge >= 0.3 is 0 Å². The van der Waals surface area contributed by atoms with E-state index in [1.165, 1.54) is 0 Å². The van der Waals surface area contributed by atoms with Gasteiger partial charge in [0.05, 0.1) is 11.7 Å². The maximum atomic E-state index is 12.6. The minimum Gasteiger partial charge on any atom is -0.398 e. The highest BCUT2D eigenvalue weighted by Crippen LogP contribution is 2.24. The standard InChI is InChI=1S/C20H20N4O/c1-2-18(19-16-6-4-3-5-13(16)9-10-23-19)24-20(25)14-7-8-17(22)15(11-14)12-21/h3-12,18,21H,2,22H2,1H3,(H,24,25)/t18-/m1/s1. The van der Waals surface area contributed by atoms with Crippen molar-refractivity contribution >= 4 is 28.6 Å². The van der Waals surface area contributed by atoms with Crippen molar-refractivity contribution in [3.8, 4) is 0 Å². The number of carbonyl (C=O) groups is 1. The van der Waals surface area contributed by atoms with Crippen LogP contribution in [-0.2, 0) is 0 Å². The van der Waals surface area contributed by atoms with Gasteiger partial charge in [-0.1, -0.05) is 31.2 Å². The number of carbonyl (C=O) groups excluding carboxylic acids is 1. The molecule has 0 fully saturated rings. The molecule has 4 N–H and O–H groups in total. The van der Waals surface area contributed by atoms with Crippen LogP contribution in [0.5, 0.6) is 0 Å². The van der Waals surface area contributed by atoms with E-state index in [0.29, 0.717) is 16.8 Å². The lowest BCUT2D eigenvalue weighted by Gasteiger charge is -2.18. The van der Waals surface area contributed by atoms with Crippen molar-refractivity contribution in [1.82, 2.24) is 10.3 Å². The van der Waals surface area contributed by atoms with Crippen LogP contribution in [0.1, 0.15) is 41.0 Å². The van der Waals surface area contributed by atoms with Gasteiger partial charge in [-0.25, -0.2) is 0 Å². The molecule has 126 valence electrons. The molecule has 0 aliphatic rings. The molecule has 25 heavy (non-hydrogen) atoms. The van der Waals surface area contributed by atoms with E-state index >= 15 is 0 Å². The first kappa shape index (κ1) is 16.6. The van der Waals surface area contributed by atoms with E-state index in [1.807, 2.05) is 37.3 Å². The molecule has 0 radical (unpaired) electrons. The van der Waals surface area contributed by atoms with Crippen LogP contribution in [0.15, 0.2) is 54.7 Å². The van der Waals surface area contributed by atoms with Gasteiger partial charge < -0.3 is 16.5 Å². The molecule has 0 spiro atoms. The molecule has 0 aliphatic heterocycles. The van der Waals surface area contributed by atoms with Crippen molar-refractivity contribution in [3.05, 3.63) is 71.5 Å². The average Bonchev–Trinajstić information content (AvgIpc) is 2.66. The van der Waals surface area contributed by atoms with E-state index in [-0.39, 0.29) is 11.9 Å². The highest BCUT2D eigenvalue weighted by molar-refractivity contribution is 5.98. The largest absolute Gasteiger partial charge is 0.398 e. The first-order valence-corrected chi connectivity index (χ1v) is 8.18. The minimum absolute atomic E-state index is 0.195. The van der Waals surface area contributed by atoms with Crippen LogP contribution in [-0.4, -0.2) is 17.1 Å². The van der Waals surface area contributed by atoms with Gasteiger partial charge in [0.1, 0.15) is 0 Å². The zero-order valence-corrected chi connectivity index (χ0v) is 14.0. The number of nitrogens with two attached hydrogens (primary N) is 1. The second-order valence-corrected chi connectivity index (χ2v) is 5.84. The van der Waals surface area contributed by atoms with E-state index in [1.54, 1.807) is 24.4 Å². The zero-order chi connectivity index (χ0) is 17.8. The number of amides is 1. The van der Waals surface area contributed by atoms with E-state index in [9.17, 15) is 4.79 Å². The molecule has 0 saturated heterocycles. The predicted octanol–water partition coefficient (Wildman–Crippen LogP) is 3.70. The Morgan fingerprint density at radius 1 is 1.28 bits per heavy atom. The molecule has 0 bridgehead atoms. The molecule has 2 aromatic carbocycles. The van der Waals surface area contributed by atoms with Crippen LogP contribution in [0.3, 0.4) is 0 Å². The summed E-state index contributed by atoms with van der Waals surface area (Å²) in [5.74, 6) is -0.204. The van der Waals surface area contributed by atoms with Crippen LogP contribution >= 0.6 is 0 Å². The Hall–Kier alpha value is -3.21. The summed E-state index contributed by atoms with van der Waals surface area (Å²) in [6, 6.07) is 14.7. The lowest BCUT2D eigenvalue weighted by molar-refractivity contribution is 0.0935. The zero-order valence-electron chi connectivity index (χ0n) is 14.0. The highest BCUT2D eigenvalue weighted by atomic mass is 16.1. The number of anilines is 1. The van der Waals surface area contributed by atoms with Crippen LogP contribution < -0.4 is 11.1 Å². The first-order valence-electron chi connectivity index (χ1n) is 8.18. The van der Waals surface area contributed by atoms with Crippen LogP contribution in [0.4, 0.5) is 5.69 Å². The van der Waals surface area contributed by atoms with Crippen molar-refractivity contribution in [1.29, 1.82) is 5.41 Å². The molecular weight excluding hydrogens is 312 g/mol. The average molecular weight is 332 g/mol. The minimum atomic E-state index is -0.204. The maximum absolute atomic E-state index is 12.6. The van der Waals surface area contributed by atoms with Crippen LogP contribution in [0, 0.1) is 5.41 Å². The molecule has 1 aromatic heterocycles. The lowest BCUT2D eigenvalue weighted by atomic mass is 10.0. The fourth-order valence-corrected chi connectivity index (χ4v) is 2.87. The molecular formula is C20H20N4O. The Bertz CT molecular complexity index is 931. The molecule has 3 rings (SSSR count). The summed E-state index contributed by atoms with van der Waals surface area (Å²) < 4.78 is 0. The van der Waals surface area contributed by atoms with Crippen LogP contribution in [0.2, 0.25) is 0 Å². The molecule has 0 saturated carbocycles. The van der Waals surface area contributed by atoms with Gasteiger partial charge in [0, 0.05) is 34.6 Å². The second kappa shape index (κ2) is 7.13. The van der Waals surface area contributed by atoms with E-state index in [0.717, 1.165) is 29.1 Å². The lowest BCUT2D eigenvalue weighted by Crippen LogP contribution is -2.29. The fourth-order valence-electron chi connectivity index (χ4n) is 2.87. The first-order chi connectivity index (χ1) is 12.1. The summed E-state index contributed by atoms with van der Waals surface area (Å²) in [5, 5.41) is 12.6. The Morgan fingerprint density at radius 3 is 2.84 bits per heavy atom. The monoisotopic (exact) mass is 332 g/mol. The summed E-state index contributed by atoms with van der Waals surface area (Å²) >= 11 is 0. The molecule has 5 heteroatoms. The Morgan fingerprint density at radius 2 is 2.08 bits per heavy atom. The molecule has 0 aliphatic carbocycles. The topological polar surface area (TPSA) is 91.9 Å². The van der Waals surface area contributed by atoms with Gasteiger partial charge in [-0.2, -0.15) is 0 Å². The number of fused-ring (bicyclic) bond motifs is 1. The Balaban J connectivity index is 1.91. The number of pyridine rings is 1. The summed E-state index contributed by atoms with van der Waals surface area (Å²) in [6.45, 7) is 2.01. The number of rotatable bonds is 5. The number of nitrogens with one attached hydrogen (secondary N) is 2. The van der Waals surface area contributed by atoms with Gasteiger partial charge in [-0.15, -0.1) is 0 Å². The maximum Gasteiger partial charge on any atom is 0.251 e. The Kier molecular flexibility index (Phi) is 4.75. The van der Waals surface area contributed by atoms with Crippen molar-refractivity contribution in [2.75, 3.05) is 5.73 Å². The molecule has 1 amide bonds. The van der Waals surface area contributed by atoms with Gasteiger partial charge in [0.15, 0.2) is 0 Å². The molecule has 1 atom stereocenters. The summed E-state index contributed by atoms with van der Waals surface area (Å²) in [4.78, 5) is 17.1. The number of hydrogen-bond donors (Lipinski definition) is 3. The number of nitrogens with zero attached hydrogens (tertiary/aromatic N) is 1. The third-order valence-corrected chi connectivity index (χ3v) is 4.25. The normalized spacial score (nSPS) is 11.9. The quantitative estimate of drug-likeness (QED) is 0.491. The van der Waals surface area contributed by atoms with Gasteiger partial charge in [0.2, 0.25) is 0 Å². The molecule has 0 unspecified atom stereocenters. The van der Waals surface area contributed by atoms with Gasteiger partial charge in [-0.05, 0) is 36.1 Å². The molecule has 3 aromatic rings. The third-order valence-electron chi connectivity index (χ3n) is 4.25. The summed E-state index contributed by atoms with van der Waals surface area (Å²) in [6.07, 6.45) is 3.64. The van der Waals surface area contributed by atoms with E-state index in [4.69, 9.17) is 11.1 Å². The van der Waals surface area contributed by atoms with Crippen LogP contribution in [0.25, 0.3) is 10.8 Å². The molecule has 5 nitrogen and oxygen atoms in total. The van der Waals surface area contributed by atoms with E-state index in [2.05, 4.69) is 10.3 Å². The third kappa shape index (κ3) is 3.35. The highest BCUT2D eigenvalue weighted by Gasteiger charge is 2.18. The van der Waals surface area contributed by atoms with Crippen molar-refractivity contribution in [2.45, 2.75) is 19.4 Å². The van der Waals surface area contributed by atoms with Crippen molar-refractivity contribution in [2.24, 2.45) is 0 Å². The smallest absolute Gasteiger partial charge is 0.251 e. The Labute approximate surface area is 146 Å². The summed E-state index contributed by atoms with van der Waals surface area (Å²) in [7, 11) is 0. The van der Waals surface area contributed by atoms with Gasteiger partial charge in [-0.3, -0.25) is 9.78 Å². The summed E-state index contributed by atoms with van der Waals surface area (Å²) in [5.41, 5.74) is 8.14. The van der Waals surface area contributed by atoms with E-state index < -0.39 is 0 Å². The number of hydrogen-bond acceptors (Lipinski definition) is 4. The molecule has 1 heterocycles. The SMILES string of the molecule is CC[C@@H](NC(=O)c1ccc(N)c(C=N)c1)c1nccc2ccccc12. The second-order valence-electron chi connectivity index (χ2n) is 5.84. The predicted molar refractivity (Wildman–Crippen MR) is 101 cm³/mol. The van der Waals surface area contributed by atoms with Gasteiger partial charge in [0.25, 0.3) is 5.91 Å². The number of nitrogen functional groups attached to an aromatic ring is 1.